The number of pyridine rings is 1. The summed E-state index contributed by atoms with van der Waals surface area (Å²) in [6.45, 7) is 1.74. The molecule has 2 rings (SSSR count). The zero-order valence-electron chi connectivity index (χ0n) is 9.32. The molecule has 0 aliphatic carbocycles. The zero-order valence-corrected chi connectivity index (χ0v) is 11.8. The molecule has 0 fully saturated rings. The van der Waals surface area contributed by atoms with Gasteiger partial charge in [0.2, 0.25) is 0 Å². The van der Waals surface area contributed by atoms with Crippen molar-refractivity contribution in [3.63, 3.8) is 0 Å². The normalized spacial score (nSPS) is 12.6. The van der Waals surface area contributed by atoms with Crippen LogP contribution < -0.4 is 0 Å². The molecule has 1 atom stereocenters. The highest BCUT2D eigenvalue weighted by Gasteiger charge is 2.08. The molecule has 0 radical (unpaired) electrons. The van der Waals surface area contributed by atoms with Crippen molar-refractivity contribution in [3.8, 4) is 0 Å². The molecule has 0 aliphatic heterocycles. The molecule has 17 heavy (non-hydrogen) atoms. The lowest BCUT2D eigenvalue weighted by Gasteiger charge is -2.04. The van der Waals surface area contributed by atoms with E-state index in [1.54, 1.807) is 36.2 Å². The molecule has 0 amide bonds. The molecule has 2 aromatic rings. The number of rotatable bonds is 4. The van der Waals surface area contributed by atoms with Gasteiger partial charge in [-0.3, -0.25) is 0 Å². The summed E-state index contributed by atoms with van der Waals surface area (Å²) in [6.07, 6.45) is 3.19. The minimum Gasteiger partial charge on any atom is -0.389 e. The summed E-state index contributed by atoms with van der Waals surface area (Å²) in [5.41, 5.74) is 0.858. The SMILES string of the molecule is CSc1nnc(Sc2cc(C(C)O)ccn2)s1. The van der Waals surface area contributed by atoms with Crippen LogP contribution in [0.5, 0.6) is 0 Å². The van der Waals surface area contributed by atoms with Crippen LogP contribution in [0.3, 0.4) is 0 Å². The van der Waals surface area contributed by atoms with Gasteiger partial charge < -0.3 is 5.11 Å². The van der Waals surface area contributed by atoms with Gasteiger partial charge in [0.05, 0.1) is 6.10 Å². The van der Waals surface area contributed by atoms with Gasteiger partial charge >= 0.3 is 0 Å². The molecule has 7 heteroatoms. The molecule has 0 aromatic carbocycles. The summed E-state index contributed by atoms with van der Waals surface area (Å²) in [7, 11) is 0. The summed E-state index contributed by atoms with van der Waals surface area (Å²) in [5.74, 6) is 0. The Balaban J connectivity index is 2.15. The highest BCUT2D eigenvalue weighted by atomic mass is 32.2. The monoisotopic (exact) mass is 285 g/mol. The van der Waals surface area contributed by atoms with Crippen LogP contribution in [0.25, 0.3) is 0 Å². The van der Waals surface area contributed by atoms with Crippen molar-refractivity contribution >= 4 is 34.9 Å². The maximum absolute atomic E-state index is 9.49. The highest BCUT2D eigenvalue weighted by molar-refractivity contribution is 8.02. The number of hydrogen-bond donors (Lipinski definition) is 1. The van der Waals surface area contributed by atoms with Crippen molar-refractivity contribution < 1.29 is 5.11 Å². The Morgan fingerprint density at radius 1 is 1.35 bits per heavy atom. The Hall–Kier alpha value is -0.630. The molecular weight excluding hydrogens is 274 g/mol. The molecule has 2 heterocycles. The Kier molecular flexibility index (Phi) is 4.38. The smallest absolute Gasteiger partial charge is 0.181 e. The van der Waals surface area contributed by atoms with Crippen LogP contribution in [0.1, 0.15) is 18.6 Å². The van der Waals surface area contributed by atoms with Crippen LogP contribution in [0.2, 0.25) is 0 Å². The first kappa shape index (κ1) is 12.8. The summed E-state index contributed by atoms with van der Waals surface area (Å²) in [6, 6.07) is 3.68. The van der Waals surface area contributed by atoms with Crippen LogP contribution in [-0.2, 0) is 0 Å². The molecule has 4 nitrogen and oxygen atoms in total. The maximum atomic E-state index is 9.49. The van der Waals surface area contributed by atoms with Crippen LogP contribution in [0.4, 0.5) is 0 Å². The van der Waals surface area contributed by atoms with E-state index in [1.807, 2.05) is 18.4 Å². The van der Waals surface area contributed by atoms with Crippen molar-refractivity contribution in [2.75, 3.05) is 6.26 Å². The van der Waals surface area contributed by atoms with Gasteiger partial charge in [-0.25, -0.2) is 4.98 Å². The first-order valence-electron chi connectivity index (χ1n) is 4.88. The zero-order chi connectivity index (χ0) is 12.3. The fourth-order valence-electron chi connectivity index (χ4n) is 1.15. The predicted octanol–water partition coefficient (Wildman–Crippen LogP) is 2.86. The van der Waals surface area contributed by atoms with Gasteiger partial charge in [0, 0.05) is 6.20 Å². The van der Waals surface area contributed by atoms with Gasteiger partial charge in [-0.05, 0) is 42.6 Å². The molecule has 1 unspecified atom stereocenters. The number of thioether (sulfide) groups is 1. The molecule has 0 spiro atoms. The predicted molar refractivity (Wildman–Crippen MR) is 70.7 cm³/mol. The van der Waals surface area contributed by atoms with Crippen LogP contribution in [0, 0.1) is 0 Å². The fourth-order valence-corrected chi connectivity index (χ4v) is 3.54. The molecule has 2 aromatic heterocycles. The number of hydrogen-bond acceptors (Lipinski definition) is 7. The minimum atomic E-state index is -0.478. The number of aromatic nitrogens is 3. The van der Waals surface area contributed by atoms with Gasteiger partial charge in [0.15, 0.2) is 8.68 Å². The minimum absolute atomic E-state index is 0.478. The van der Waals surface area contributed by atoms with E-state index in [9.17, 15) is 5.11 Å². The molecule has 0 bridgehead atoms. The van der Waals surface area contributed by atoms with E-state index < -0.39 is 6.10 Å². The first-order valence-corrected chi connectivity index (χ1v) is 7.74. The van der Waals surface area contributed by atoms with E-state index in [2.05, 4.69) is 15.2 Å². The second-order valence-corrected chi connectivity index (χ2v) is 6.54. The summed E-state index contributed by atoms with van der Waals surface area (Å²) < 4.78 is 1.81. The van der Waals surface area contributed by atoms with Crippen molar-refractivity contribution in [3.05, 3.63) is 23.9 Å². The number of aliphatic hydroxyl groups is 1. The average Bonchev–Trinajstić information content (AvgIpc) is 2.77. The Labute approximate surface area is 112 Å². The van der Waals surface area contributed by atoms with E-state index in [0.29, 0.717) is 0 Å². The quantitative estimate of drug-likeness (QED) is 0.872. The Bertz CT molecular complexity index is 501. The number of aliphatic hydroxyl groups excluding tert-OH is 1. The van der Waals surface area contributed by atoms with Gasteiger partial charge in [0.25, 0.3) is 0 Å². The lowest BCUT2D eigenvalue weighted by atomic mass is 10.2. The van der Waals surface area contributed by atoms with E-state index in [1.165, 1.54) is 11.8 Å². The lowest BCUT2D eigenvalue weighted by molar-refractivity contribution is 0.199. The molecule has 1 N–H and O–H groups in total. The van der Waals surface area contributed by atoms with Crippen molar-refractivity contribution in [2.24, 2.45) is 0 Å². The van der Waals surface area contributed by atoms with Gasteiger partial charge in [-0.2, -0.15) is 0 Å². The summed E-state index contributed by atoms with van der Waals surface area (Å²) in [4.78, 5) is 4.24. The van der Waals surface area contributed by atoms with E-state index in [0.717, 1.165) is 19.3 Å². The molecule has 0 saturated heterocycles. The lowest BCUT2D eigenvalue weighted by Crippen LogP contribution is -1.92. The van der Waals surface area contributed by atoms with Gasteiger partial charge in [0.1, 0.15) is 5.03 Å². The van der Waals surface area contributed by atoms with Crippen molar-refractivity contribution in [1.29, 1.82) is 0 Å². The molecule has 0 saturated carbocycles. The average molecular weight is 285 g/mol. The fraction of sp³-hybridized carbons (Fsp3) is 0.300. The molecule has 90 valence electrons. The topological polar surface area (TPSA) is 58.9 Å². The van der Waals surface area contributed by atoms with Crippen molar-refractivity contribution in [2.45, 2.75) is 26.7 Å². The third-order valence-corrected chi connectivity index (χ3v) is 4.88. The van der Waals surface area contributed by atoms with E-state index >= 15 is 0 Å². The maximum Gasteiger partial charge on any atom is 0.181 e. The van der Waals surface area contributed by atoms with Crippen LogP contribution >= 0.6 is 34.9 Å². The Morgan fingerprint density at radius 3 is 2.76 bits per heavy atom. The largest absolute Gasteiger partial charge is 0.389 e. The highest BCUT2D eigenvalue weighted by Crippen LogP contribution is 2.32. The Morgan fingerprint density at radius 2 is 2.12 bits per heavy atom. The van der Waals surface area contributed by atoms with Crippen LogP contribution in [0.15, 0.2) is 32.0 Å². The van der Waals surface area contributed by atoms with Crippen molar-refractivity contribution in [1.82, 2.24) is 15.2 Å². The molecule has 0 aliphatic rings. The first-order chi connectivity index (χ1) is 8.19. The third kappa shape index (κ3) is 3.41. The summed E-state index contributed by atoms with van der Waals surface area (Å²) >= 11 is 4.59. The summed E-state index contributed by atoms with van der Waals surface area (Å²) in [5, 5.41) is 18.4. The van der Waals surface area contributed by atoms with E-state index in [4.69, 9.17) is 0 Å². The van der Waals surface area contributed by atoms with E-state index in [-0.39, 0.29) is 0 Å². The second-order valence-electron chi connectivity index (χ2n) is 3.24. The number of nitrogens with zero attached hydrogens (tertiary/aromatic N) is 3. The second kappa shape index (κ2) is 5.81. The van der Waals surface area contributed by atoms with Gasteiger partial charge in [-0.1, -0.05) is 23.1 Å². The van der Waals surface area contributed by atoms with Gasteiger partial charge in [-0.15, -0.1) is 10.2 Å². The standard InChI is InChI=1S/C10H11N3OS3/c1-6(14)7-3-4-11-8(5-7)16-10-13-12-9(15-2)17-10/h3-6,14H,1-2H3. The third-order valence-electron chi connectivity index (χ3n) is 2.00. The van der Waals surface area contributed by atoms with Crippen LogP contribution in [-0.4, -0.2) is 26.5 Å². The molecular formula is C10H11N3OS3.